The second kappa shape index (κ2) is 3.77. The lowest BCUT2D eigenvalue weighted by Crippen LogP contribution is -2.12. The molecule has 72 valence electrons. The number of phenolic OH excluding ortho intramolecular Hbond substituents is 1. The van der Waals surface area contributed by atoms with Crippen LogP contribution < -0.4 is 5.73 Å². The molecule has 0 aliphatic carbocycles. The zero-order chi connectivity index (χ0) is 10.0. The van der Waals surface area contributed by atoms with Crippen molar-refractivity contribution in [1.82, 2.24) is 0 Å². The zero-order valence-electron chi connectivity index (χ0n) is 7.91. The van der Waals surface area contributed by atoms with Crippen LogP contribution in [0.15, 0.2) is 12.1 Å². The Morgan fingerprint density at radius 3 is 2.54 bits per heavy atom. The Kier molecular flexibility index (Phi) is 2.90. The fraction of sp³-hybridized carbons (Fsp3) is 0.400. The van der Waals surface area contributed by atoms with Crippen LogP contribution in [0.4, 0.5) is 0 Å². The summed E-state index contributed by atoms with van der Waals surface area (Å²) in [5.74, 6) is 0.151. The molecule has 0 radical (unpaired) electrons. The first kappa shape index (κ1) is 10.0. The molecule has 13 heavy (non-hydrogen) atoms. The highest BCUT2D eigenvalue weighted by atomic mass is 16.3. The number of benzene rings is 1. The van der Waals surface area contributed by atoms with Gasteiger partial charge in [0.15, 0.2) is 0 Å². The first-order valence-electron chi connectivity index (χ1n) is 4.25. The number of aromatic hydroxyl groups is 1. The standard InChI is InChI=1S/C10H15NO2/c1-6-3-4-8(9(12)5-11)10(13)7(6)2/h3-4,9,12-13H,5,11H2,1-2H3. The molecule has 0 amide bonds. The maximum absolute atomic E-state index is 9.66. The summed E-state index contributed by atoms with van der Waals surface area (Å²) in [6.07, 6.45) is -0.778. The summed E-state index contributed by atoms with van der Waals surface area (Å²) >= 11 is 0. The van der Waals surface area contributed by atoms with Gasteiger partial charge in [-0.3, -0.25) is 0 Å². The van der Waals surface area contributed by atoms with Gasteiger partial charge in [-0.25, -0.2) is 0 Å². The topological polar surface area (TPSA) is 66.5 Å². The number of phenols is 1. The second-order valence-corrected chi connectivity index (χ2v) is 3.20. The first-order chi connectivity index (χ1) is 6.07. The van der Waals surface area contributed by atoms with E-state index in [1.165, 1.54) is 0 Å². The van der Waals surface area contributed by atoms with E-state index in [1.54, 1.807) is 6.07 Å². The van der Waals surface area contributed by atoms with Crippen LogP contribution in [0.2, 0.25) is 0 Å². The summed E-state index contributed by atoms with van der Waals surface area (Å²) in [7, 11) is 0. The molecule has 1 aromatic carbocycles. The highest BCUT2D eigenvalue weighted by Crippen LogP contribution is 2.28. The van der Waals surface area contributed by atoms with Gasteiger partial charge in [0.2, 0.25) is 0 Å². The predicted octanol–water partition coefficient (Wildman–Crippen LogP) is 1.00. The highest BCUT2D eigenvalue weighted by Gasteiger charge is 2.12. The lowest BCUT2D eigenvalue weighted by Gasteiger charge is -2.13. The van der Waals surface area contributed by atoms with Gasteiger partial charge in [-0.2, -0.15) is 0 Å². The number of aliphatic hydroxyl groups is 1. The van der Waals surface area contributed by atoms with Crippen molar-refractivity contribution in [1.29, 1.82) is 0 Å². The molecule has 1 atom stereocenters. The Bertz CT molecular complexity index is 310. The molecule has 0 heterocycles. The predicted molar refractivity (Wildman–Crippen MR) is 51.6 cm³/mol. The summed E-state index contributed by atoms with van der Waals surface area (Å²) in [4.78, 5) is 0. The molecule has 4 N–H and O–H groups in total. The number of aliphatic hydroxyl groups excluding tert-OH is 1. The summed E-state index contributed by atoms with van der Waals surface area (Å²) < 4.78 is 0. The van der Waals surface area contributed by atoms with E-state index in [2.05, 4.69) is 0 Å². The average molecular weight is 181 g/mol. The Morgan fingerprint density at radius 2 is 2.00 bits per heavy atom. The van der Waals surface area contributed by atoms with E-state index in [9.17, 15) is 10.2 Å². The minimum Gasteiger partial charge on any atom is -0.507 e. The molecule has 3 heteroatoms. The van der Waals surface area contributed by atoms with Gasteiger partial charge in [0, 0.05) is 12.1 Å². The monoisotopic (exact) mass is 181 g/mol. The van der Waals surface area contributed by atoms with E-state index in [-0.39, 0.29) is 12.3 Å². The van der Waals surface area contributed by atoms with Gasteiger partial charge < -0.3 is 15.9 Å². The molecule has 1 unspecified atom stereocenters. The molecule has 3 nitrogen and oxygen atoms in total. The van der Waals surface area contributed by atoms with Gasteiger partial charge in [0.05, 0.1) is 6.10 Å². The van der Waals surface area contributed by atoms with Crippen LogP contribution in [0, 0.1) is 13.8 Å². The quantitative estimate of drug-likeness (QED) is 0.637. The molecule has 0 fully saturated rings. The van der Waals surface area contributed by atoms with Gasteiger partial charge in [-0.05, 0) is 25.0 Å². The molecule has 1 aromatic rings. The van der Waals surface area contributed by atoms with Crippen molar-refractivity contribution in [3.8, 4) is 5.75 Å². The molecule has 0 saturated heterocycles. The molecular weight excluding hydrogens is 166 g/mol. The van der Waals surface area contributed by atoms with Crippen LogP contribution in [0.3, 0.4) is 0 Å². The second-order valence-electron chi connectivity index (χ2n) is 3.20. The van der Waals surface area contributed by atoms with Crippen molar-refractivity contribution in [2.45, 2.75) is 20.0 Å². The fourth-order valence-electron chi connectivity index (χ4n) is 1.22. The van der Waals surface area contributed by atoms with Crippen molar-refractivity contribution in [2.75, 3.05) is 6.54 Å². The van der Waals surface area contributed by atoms with E-state index < -0.39 is 6.10 Å². The number of aryl methyl sites for hydroxylation is 1. The maximum Gasteiger partial charge on any atom is 0.124 e. The van der Waals surface area contributed by atoms with Crippen molar-refractivity contribution in [2.24, 2.45) is 5.73 Å². The van der Waals surface area contributed by atoms with Crippen LogP contribution in [0.25, 0.3) is 0 Å². The Morgan fingerprint density at radius 1 is 1.38 bits per heavy atom. The van der Waals surface area contributed by atoms with E-state index >= 15 is 0 Å². The van der Waals surface area contributed by atoms with Crippen LogP contribution in [-0.2, 0) is 0 Å². The van der Waals surface area contributed by atoms with Crippen molar-refractivity contribution >= 4 is 0 Å². The number of hydrogen-bond donors (Lipinski definition) is 3. The minimum absolute atomic E-state index is 0.121. The zero-order valence-corrected chi connectivity index (χ0v) is 7.91. The third kappa shape index (κ3) is 1.82. The average Bonchev–Trinajstić information content (AvgIpc) is 2.13. The molecule has 0 aromatic heterocycles. The Labute approximate surface area is 77.8 Å². The maximum atomic E-state index is 9.66. The van der Waals surface area contributed by atoms with E-state index in [1.807, 2.05) is 19.9 Å². The summed E-state index contributed by atoms with van der Waals surface area (Å²) in [6, 6.07) is 3.57. The largest absolute Gasteiger partial charge is 0.507 e. The van der Waals surface area contributed by atoms with Crippen molar-refractivity contribution in [3.63, 3.8) is 0 Å². The van der Waals surface area contributed by atoms with E-state index in [4.69, 9.17) is 5.73 Å². The summed E-state index contributed by atoms with van der Waals surface area (Å²) in [5, 5.41) is 19.1. The fourth-order valence-corrected chi connectivity index (χ4v) is 1.22. The van der Waals surface area contributed by atoms with Crippen LogP contribution in [0.1, 0.15) is 22.8 Å². The third-order valence-corrected chi connectivity index (χ3v) is 2.32. The number of hydrogen-bond acceptors (Lipinski definition) is 3. The molecule has 0 bridgehead atoms. The van der Waals surface area contributed by atoms with Gasteiger partial charge in [0.25, 0.3) is 0 Å². The molecule has 0 spiro atoms. The number of nitrogens with two attached hydrogens (primary N) is 1. The molecule has 0 aliphatic heterocycles. The summed E-state index contributed by atoms with van der Waals surface area (Å²) in [6.45, 7) is 3.85. The first-order valence-corrected chi connectivity index (χ1v) is 4.25. The van der Waals surface area contributed by atoms with Crippen molar-refractivity contribution < 1.29 is 10.2 Å². The summed E-state index contributed by atoms with van der Waals surface area (Å²) in [5.41, 5.74) is 7.61. The minimum atomic E-state index is -0.778. The normalized spacial score (nSPS) is 12.9. The lowest BCUT2D eigenvalue weighted by atomic mass is 10.0. The SMILES string of the molecule is Cc1ccc(C(O)CN)c(O)c1C. The molecule has 0 aliphatic rings. The Hall–Kier alpha value is -1.06. The molecule has 1 rings (SSSR count). The van der Waals surface area contributed by atoms with Crippen molar-refractivity contribution in [3.05, 3.63) is 28.8 Å². The van der Waals surface area contributed by atoms with E-state index in [0.717, 1.165) is 11.1 Å². The van der Waals surface area contributed by atoms with Crippen LogP contribution >= 0.6 is 0 Å². The molecule has 0 saturated carbocycles. The lowest BCUT2D eigenvalue weighted by molar-refractivity contribution is 0.182. The smallest absolute Gasteiger partial charge is 0.124 e. The van der Waals surface area contributed by atoms with E-state index in [0.29, 0.717) is 5.56 Å². The van der Waals surface area contributed by atoms with Gasteiger partial charge in [0.1, 0.15) is 5.75 Å². The van der Waals surface area contributed by atoms with Crippen LogP contribution in [0.5, 0.6) is 5.75 Å². The van der Waals surface area contributed by atoms with Crippen LogP contribution in [-0.4, -0.2) is 16.8 Å². The van der Waals surface area contributed by atoms with Gasteiger partial charge >= 0.3 is 0 Å². The number of rotatable bonds is 2. The Balaban J connectivity index is 3.18. The van der Waals surface area contributed by atoms with Gasteiger partial charge in [-0.15, -0.1) is 0 Å². The highest BCUT2D eigenvalue weighted by molar-refractivity contribution is 5.45. The molecular formula is C10H15NO2. The van der Waals surface area contributed by atoms with Gasteiger partial charge in [-0.1, -0.05) is 12.1 Å². The third-order valence-electron chi connectivity index (χ3n) is 2.32.